The van der Waals surface area contributed by atoms with E-state index < -0.39 is 0 Å². The van der Waals surface area contributed by atoms with E-state index in [1.165, 1.54) is 0 Å². The van der Waals surface area contributed by atoms with Crippen LogP contribution in [0.15, 0.2) is 30.5 Å². The average Bonchev–Trinajstić information content (AvgIpc) is 2.46. The third-order valence-electron chi connectivity index (χ3n) is 3.03. The molecular formula is C15H17ClN2O2. The Bertz CT molecular complexity index is 582. The Morgan fingerprint density at radius 3 is 2.55 bits per heavy atom. The molecule has 5 heteroatoms. The lowest BCUT2D eigenvalue weighted by Crippen LogP contribution is -2.03. The maximum absolute atomic E-state index is 6.08. The standard InChI is InChI=1S/C15H17ClN2O2/c1-10-6-7-17-15(16)14(10)18-9-11-4-5-12(19-2)13(8-11)20-3/h4-8,18H,9H2,1-3H3. The van der Waals surface area contributed by atoms with Gasteiger partial charge in [0, 0.05) is 12.7 Å². The number of benzene rings is 1. The zero-order valence-electron chi connectivity index (χ0n) is 11.7. The summed E-state index contributed by atoms with van der Waals surface area (Å²) in [6.45, 7) is 2.62. The Kier molecular flexibility index (Phi) is 4.69. The number of halogens is 1. The summed E-state index contributed by atoms with van der Waals surface area (Å²) in [5.74, 6) is 1.42. The number of rotatable bonds is 5. The van der Waals surface area contributed by atoms with Crippen LogP contribution in [0.1, 0.15) is 11.1 Å². The average molecular weight is 293 g/mol. The lowest BCUT2D eigenvalue weighted by atomic mass is 10.2. The van der Waals surface area contributed by atoms with Crippen LogP contribution in [0, 0.1) is 6.92 Å². The Morgan fingerprint density at radius 1 is 1.15 bits per heavy atom. The van der Waals surface area contributed by atoms with E-state index in [1.54, 1.807) is 20.4 Å². The highest BCUT2D eigenvalue weighted by Gasteiger charge is 2.07. The summed E-state index contributed by atoms with van der Waals surface area (Å²) in [6, 6.07) is 7.72. The molecule has 0 spiro atoms. The van der Waals surface area contributed by atoms with Gasteiger partial charge in [0.15, 0.2) is 16.7 Å². The minimum absolute atomic E-state index is 0.477. The van der Waals surface area contributed by atoms with Crippen molar-refractivity contribution in [3.8, 4) is 11.5 Å². The molecule has 1 heterocycles. The number of methoxy groups -OCH3 is 2. The highest BCUT2D eigenvalue weighted by molar-refractivity contribution is 6.32. The van der Waals surface area contributed by atoms with Gasteiger partial charge in [-0.1, -0.05) is 17.7 Å². The van der Waals surface area contributed by atoms with E-state index in [0.29, 0.717) is 23.2 Å². The van der Waals surface area contributed by atoms with E-state index >= 15 is 0 Å². The molecule has 1 N–H and O–H groups in total. The molecule has 0 saturated carbocycles. The summed E-state index contributed by atoms with van der Waals surface area (Å²) >= 11 is 6.08. The molecule has 0 fully saturated rings. The number of ether oxygens (including phenoxy) is 2. The monoisotopic (exact) mass is 292 g/mol. The fourth-order valence-corrected chi connectivity index (χ4v) is 2.19. The Hall–Kier alpha value is -1.94. The van der Waals surface area contributed by atoms with Crippen LogP contribution in [0.5, 0.6) is 11.5 Å². The molecule has 2 aromatic rings. The summed E-state index contributed by atoms with van der Waals surface area (Å²) in [6.07, 6.45) is 1.69. The van der Waals surface area contributed by atoms with Crippen LogP contribution in [0.25, 0.3) is 0 Å². The molecular weight excluding hydrogens is 276 g/mol. The molecule has 0 unspecified atom stereocenters. The van der Waals surface area contributed by atoms with Crippen LogP contribution in [0.4, 0.5) is 5.69 Å². The van der Waals surface area contributed by atoms with Crippen molar-refractivity contribution < 1.29 is 9.47 Å². The molecule has 4 nitrogen and oxygen atoms in total. The molecule has 0 aliphatic heterocycles. The third-order valence-corrected chi connectivity index (χ3v) is 3.32. The predicted molar refractivity (Wildman–Crippen MR) is 80.9 cm³/mol. The SMILES string of the molecule is COc1ccc(CNc2c(C)ccnc2Cl)cc1OC. The zero-order valence-corrected chi connectivity index (χ0v) is 12.5. The van der Waals surface area contributed by atoms with E-state index in [4.69, 9.17) is 21.1 Å². The molecule has 2 rings (SSSR count). The first-order valence-electron chi connectivity index (χ1n) is 6.21. The molecule has 0 radical (unpaired) electrons. The van der Waals surface area contributed by atoms with Gasteiger partial charge >= 0.3 is 0 Å². The van der Waals surface area contributed by atoms with Crippen LogP contribution in [0.3, 0.4) is 0 Å². The third kappa shape index (κ3) is 3.14. The molecule has 0 saturated heterocycles. The van der Waals surface area contributed by atoms with Gasteiger partial charge in [-0.2, -0.15) is 0 Å². The number of nitrogens with zero attached hydrogens (tertiary/aromatic N) is 1. The van der Waals surface area contributed by atoms with Gasteiger partial charge in [-0.25, -0.2) is 4.98 Å². The van der Waals surface area contributed by atoms with Crippen molar-refractivity contribution in [3.63, 3.8) is 0 Å². The second kappa shape index (κ2) is 6.48. The van der Waals surface area contributed by atoms with Gasteiger partial charge in [0.2, 0.25) is 0 Å². The maximum atomic E-state index is 6.08. The number of hydrogen-bond donors (Lipinski definition) is 1. The van der Waals surface area contributed by atoms with Crippen molar-refractivity contribution in [1.82, 2.24) is 4.98 Å². The second-order valence-corrected chi connectivity index (χ2v) is 4.69. The summed E-state index contributed by atoms with van der Waals surface area (Å²) in [5.41, 5.74) is 2.98. The normalized spacial score (nSPS) is 10.2. The van der Waals surface area contributed by atoms with Gasteiger partial charge in [-0.05, 0) is 36.2 Å². The lowest BCUT2D eigenvalue weighted by Gasteiger charge is -2.12. The summed E-state index contributed by atoms with van der Waals surface area (Å²) in [7, 11) is 3.24. The van der Waals surface area contributed by atoms with E-state index in [0.717, 1.165) is 16.8 Å². The topological polar surface area (TPSA) is 43.4 Å². The van der Waals surface area contributed by atoms with Crippen molar-refractivity contribution in [2.75, 3.05) is 19.5 Å². The molecule has 0 aliphatic rings. The van der Waals surface area contributed by atoms with Crippen molar-refractivity contribution in [2.24, 2.45) is 0 Å². The van der Waals surface area contributed by atoms with Gasteiger partial charge in [0.1, 0.15) is 0 Å². The van der Waals surface area contributed by atoms with Gasteiger partial charge in [-0.15, -0.1) is 0 Å². The van der Waals surface area contributed by atoms with Gasteiger partial charge < -0.3 is 14.8 Å². The summed E-state index contributed by atoms with van der Waals surface area (Å²) in [4.78, 5) is 4.07. The first kappa shape index (κ1) is 14.5. The fourth-order valence-electron chi connectivity index (χ4n) is 1.92. The van der Waals surface area contributed by atoms with Gasteiger partial charge in [-0.3, -0.25) is 0 Å². The number of aromatic nitrogens is 1. The minimum Gasteiger partial charge on any atom is -0.493 e. The molecule has 1 aromatic carbocycles. The Morgan fingerprint density at radius 2 is 1.90 bits per heavy atom. The van der Waals surface area contributed by atoms with Crippen LogP contribution in [-0.4, -0.2) is 19.2 Å². The summed E-state index contributed by atoms with van der Waals surface area (Å²) < 4.78 is 10.5. The molecule has 0 aliphatic carbocycles. The highest BCUT2D eigenvalue weighted by atomic mass is 35.5. The first-order chi connectivity index (χ1) is 9.65. The largest absolute Gasteiger partial charge is 0.493 e. The molecule has 0 bridgehead atoms. The maximum Gasteiger partial charge on any atom is 0.161 e. The van der Waals surface area contributed by atoms with E-state index in [2.05, 4.69) is 10.3 Å². The second-order valence-electron chi connectivity index (χ2n) is 4.34. The van der Waals surface area contributed by atoms with Crippen molar-refractivity contribution in [3.05, 3.63) is 46.7 Å². The molecule has 106 valence electrons. The van der Waals surface area contributed by atoms with E-state index in [-0.39, 0.29) is 0 Å². The number of anilines is 1. The minimum atomic E-state index is 0.477. The van der Waals surface area contributed by atoms with Crippen LogP contribution >= 0.6 is 11.6 Å². The van der Waals surface area contributed by atoms with E-state index in [1.807, 2.05) is 31.2 Å². The smallest absolute Gasteiger partial charge is 0.161 e. The van der Waals surface area contributed by atoms with Crippen molar-refractivity contribution in [2.45, 2.75) is 13.5 Å². The fraction of sp³-hybridized carbons (Fsp3) is 0.267. The van der Waals surface area contributed by atoms with Gasteiger partial charge in [0.05, 0.1) is 19.9 Å². The Balaban J connectivity index is 2.15. The molecule has 1 aromatic heterocycles. The lowest BCUT2D eigenvalue weighted by molar-refractivity contribution is 0.354. The number of aryl methyl sites for hydroxylation is 1. The van der Waals surface area contributed by atoms with Gasteiger partial charge in [0.25, 0.3) is 0 Å². The molecule has 0 amide bonds. The van der Waals surface area contributed by atoms with Crippen LogP contribution < -0.4 is 14.8 Å². The number of hydrogen-bond acceptors (Lipinski definition) is 4. The predicted octanol–water partition coefficient (Wildman–Crippen LogP) is 3.67. The van der Waals surface area contributed by atoms with Crippen molar-refractivity contribution in [1.29, 1.82) is 0 Å². The summed E-state index contributed by atoms with van der Waals surface area (Å²) in [5, 5.41) is 3.77. The first-order valence-corrected chi connectivity index (χ1v) is 6.59. The number of pyridine rings is 1. The quantitative estimate of drug-likeness (QED) is 0.854. The van der Waals surface area contributed by atoms with Crippen LogP contribution in [-0.2, 0) is 6.54 Å². The molecule has 20 heavy (non-hydrogen) atoms. The highest BCUT2D eigenvalue weighted by Crippen LogP contribution is 2.28. The van der Waals surface area contributed by atoms with Crippen LogP contribution in [0.2, 0.25) is 5.15 Å². The number of nitrogens with one attached hydrogen (secondary N) is 1. The van der Waals surface area contributed by atoms with E-state index in [9.17, 15) is 0 Å². The zero-order chi connectivity index (χ0) is 14.5. The Labute approximate surface area is 123 Å². The molecule has 0 atom stereocenters. The van der Waals surface area contributed by atoms with Crippen molar-refractivity contribution >= 4 is 17.3 Å².